The highest BCUT2D eigenvalue weighted by Gasteiger charge is 2.21. The summed E-state index contributed by atoms with van der Waals surface area (Å²) in [7, 11) is -4.15. The molecule has 222 valence electrons. The zero-order valence-corrected chi connectivity index (χ0v) is 24.0. The van der Waals surface area contributed by atoms with E-state index in [2.05, 4.69) is 15.6 Å². The second kappa shape index (κ2) is 15.1. The van der Waals surface area contributed by atoms with Gasteiger partial charge in [-0.1, -0.05) is 45.2 Å². The number of sulfonamides is 1. The van der Waals surface area contributed by atoms with Crippen molar-refractivity contribution < 1.29 is 37.1 Å². The Morgan fingerprint density at radius 2 is 1.66 bits per heavy atom. The lowest BCUT2D eigenvalue weighted by Gasteiger charge is -2.20. The zero-order chi connectivity index (χ0) is 29.8. The molecule has 3 N–H and O–H groups in total. The minimum absolute atomic E-state index is 0.0194. The highest BCUT2D eigenvalue weighted by Crippen LogP contribution is 2.23. The number of amides is 3. The van der Waals surface area contributed by atoms with Crippen LogP contribution < -0.4 is 20.1 Å². The first-order chi connectivity index (χ1) is 19.5. The van der Waals surface area contributed by atoms with E-state index in [1.54, 1.807) is 26.0 Å². The maximum Gasteiger partial charge on any atom is 0.414 e. The van der Waals surface area contributed by atoms with Crippen molar-refractivity contribution in [3.63, 3.8) is 0 Å². The van der Waals surface area contributed by atoms with Crippen molar-refractivity contribution in [1.29, 1.82) is 0 Å². The standard InChI is InChI=1S/C28H36N4O8S/c1-19(2)27(35)39-17-16-30-28(36)40-24-13-10-22(18-31-24)26(34)32-41(37,38)23-11-8-20(9-12-23)14-15-29-25(33)21-6-4-3-5-7-21/h8-13,18-19,21H,3-7,14-17H2,1-2H3,(H,29,33)(H,30,36)(H,32,34). The molecule has 0 radical (unpaired) electrons. The number of rotatable bonds is 12. The van der Waals surface area contributed by atoms with Gasteiger partial charge >= 0.3 is 12.1 Å². The van der Waals surface area contributed by atoms with Crippen molar-refractivity contribution in [2.24, 2.45) is 11.8 Å². The van der Waals surface area contributed by atoms with Crippen molar-refractivity contribution in [3.05, 3.63) is 53.7 Å². The Bertz CT molecular complexity index is 1310. The van der Waals surface area contributed by atoms with E-state index < -0.39 is 22.0 Å². The number of nitrogens with zero attached hydrogens (tertiary/aromatic N) is 1. The number of ether oxygens (including phenoxy) is 2. The lowest BCUT2D eigenvalue weighted by molar-refractivity contribution is -0.147. The van der Waals surface area contributed by atoms with Crippen LogP contribution in [0.2, 0.25) is 0 Å². The van der Waals surface area contributed by atoms with Crippen LogP contribution in [0.4, 0.5) is 4.79 Å². The molecule has 1 aromatic heterocycles. The zero-order valence-electron chi connectivity index (χ0n) is 23.2. The molecule has 3 amide bonds. The van der Waals surface area contributed by atoms with Crippen LogP contribution in [0.15, 0.2) is 47.5 Å². The van der Waals surface area contributed by atoms with Crippen molar-refractivity contribution in [1.82, 2.24) is 20.3 Å². The number of hydrogen-bond donors (Lipinski definition) is 3. The van der Waals surface area contributed by atoms with Gasteiger partial charge in [-0.15, -0.1) is 0 Å². The summed E-state index contributed by atoms with van der Waals surface area (Å²) in [5.74, 6) is -1.54. The van der Waals surface area contributed by atoms with Gasteiger partial charge < -0.3 is 20.1 Å². The van der Waals surface area contributed by atoms with Gasteiger partial charge in [0.05, 0.1) is 22.9 Å². The van der Waals surface area contributed by atoms with Crippen LogP contribution in [0, 0.1) is 11.8 Å². The fourth-order valence-electron chi connectivity index (χ4n) is 4.09. The molecule has 3 rings (SSSR count). The predicted molar refractivity (Wildman–Crippen MR) is 148 cm³/mol. The molecule has 1 fully saturated rings. The Hall–Kier alpha value is -4.00. The van der Waals surface area contributed by atoms with E-state index >= 15 is 0 Å². The molecule has 1 aliphatic carbocycles. The Kier molecular flexibility index (Phi) is 11.6. The number of esters is 1. The highest BCUT2D eigenvalue weighted by molar-refractivity contribution is 7.90. The molecule has 0 saturated heterocycles. The molecule has 0 spiro atoms. The Labute approximate surface area is 239 Å². The molecule has 12 nitrogen and oxygen atoms in total. The monoisotopic (exact) mass is 588 g/mol. The first kappa shape index (κ1) is 31.5. The summed E-state index contributed by atoms with van der Waals surface area (Å²) in [4.78, 5) is 51.8. The van der Waals surface area contributed by atoms with Crippen molar-refractivity contribution in [2.75, 3.05) is 19.7 Å². The van der Waals surface area contributed by atoms with Gasteiger partial charge in [0.1, 0.15) is 6.61 Å². The van der Waals surface area contributed by atoms with Gasteiger partial charge in [0.2, 0.25) is 11.8 Å². The van der Waals surface area contributed by atoms with Crippen LogP contribution in [-0.4, -0.2) is 57.0 Å². The van der Waals surface area contributed by atoms with Gasteiger partial charge in [0.25, 0.3) is 15.9 Å². The molecule has 0 bridgehead atoms. The number of nitrogens with one attached hydrogen (secondary N) is 3. The van der Waals surface area contributed by atoms with E-state index in [9.17, 15) is 27.6 Å². The average molecular weight is 589 g/mol. The highest BCUT2D eigenvalue weighted by atomic mass is 32.2. The number of benzene rings is 1. The Morgan fingerprint density at radius 3 is 2.29 bits per heavy atom. The molecule has 1 saturated carbocycles. The first-order valence-corrected chi connectivity index (χ1v) is 15.1. The minimum atomic E-state index is -4.15. The lowest BCUT2D eigenvalue weighted by Crippen LogP contribution is -2.33. The molecule has 1 heterocycles. The summed E-state index contributed by atoms with van der Waals surface area (Å²) in [5.41, 5.74) is 0.784. The SMILES string of the molecule is CC(C)C(=O)OCCNC(=O)Oc1ccc(C(=O)NS(=O)(=O)c2ccc(CCNC(=O)C3CCCCC3)cc2)cn1. The van der Waals surface area contributed by atoms with E-state index in [0.717, 1.165) is 37.4 Å². The van der Waals surface area contributed by atoms with E-state index in [1.165, 1.54) is 30.7 Å². The van der Waals surface area contributed by atoms with Crippen molar-refractivity contribution in [2.45, 2.75) is 57.3 Å². The van der Waals surface area contributed by atoms with Crippen molar-refractivity contribution in [3.8, 4) is 5.88 Å². The second-order valence-electron chi connectivity index (χ2n) is 9.98. The maximum absolute atomic E-state index is 12.7. The lowest BCUT2D eigenvalue weighted by atomic mass is 9.88. The number of carbonyl (C=O) groups is 4. The molecule has 0 aliphatic heterocycles. The predicted octanol–water partition coefficient (Wildman–Crippen LogP) is 2.73. The molecule has 0 atom stereocenters. The van der Waals surface area contributed by atoms with Gasteiger partial charge in [-0.2, -0.15) is 0 Å². The third-order valence-electron chi connectivity index (χ3n) is 6.43. The molecule has 41 heavy (non-hydrogen) atoms. The van der Waals surface area contributed by atoms with E-state index in [1.807, 2.05) is 4.72 Å². The van der Waals surface area contributed by atoms with Crippen molar-refractivity contribution >= 4 is 33.9 Å². The summed E-state index contributed by atoms with van der Waals surface area (Å²) in [6.07, 6.45) is 5.98. The summed E-state index contributed by atoms with van der Waals surface area (Å²) >= 11 is 0. The second-order valence-corrected chi connectivity index (χ2v) is 11.7. The van der Waals surface area contributed by atoms with Gasteiger partial charge in [0.15, 0.2) is 0 Å². The van der Waals surface area contributed by atoms with Gasteiger partial charge in [-0.05, 0) is 43.0 Å². The third kappa shape index (κ3) is 10.2. The normalized spacial score (nSPS) is 13.7. The fraction of sp³-hybridized carbons (Fsp3) is 0.464. The van der Waals surface area contributed by atoms with E-state index in [0.29, 0.717) is 13.0 Å². The maximum atomic E-state index is 12.7. The smallest absolute Gasteiger partial charge is 0.414 e. The summed E-state index contributed by atoms with van der Waals surface area (Å²) in [5, 5.41) is 5.35. The van der Waals surface area contributed by atoms with E-state index in [4.69, 9.17) is 9.47 Å². The number of carbonyl (C=O) groups excluding carboxylic acids is 4. The van der Waals surface area contributed by atoms with Crippen LogP contribution in [-0.2, 0) is 30.8 Å². The summed E-state index contributed by atoms with van der Waals surface area (Å²) in [6.45, 7) is 3.86. The molecule has 2 aromatic rings. The van der Waals surface area contributed by atoms with E-state index in [-0.39, 0.29) is 53.2 Å². The van der Waals surface area contributed by atoms with Gasteiger partial charge in [0, 0.05) is 24.7 Å². The first-order valence-electron chi connectivity index (χ1n) is 13.6. The molecule has 0 unspecified atom stereocenters. The summed E-state index contributed by atoms with van der Waals surface area (Å²) in [6, 6.07) is 8.56. The molecule has 13 heteroatoms. The molecular formula is C28H36N4O8S. The van der Waals surface area contributed by atoms with Gasteiger partial charge in [-0.3, -0.25) is 14.4 Å². The number of aromatic nitrogens is 1. The average Bonchev–Trinajstić information content (AvgIpc) is 2.96. The van der Waals surface area contributed by atoms with Gasteiger partial charge in [-0.25, -0.2) is 22.9 Å². The topological polar surface area (TPSA) is 170 Å². The quantitative estimate of drug-likeness (QED) is 0.249. The minimum Gasteiger partial charge on any atom is -0.464 e. The molecular weight excluding hydrogens is 552 g/mol. The Morgan fingerprint density at radius 1 is 0.951 bits per heavy atom. The number of hydrogen-bond acceptors (Lipinski definition) is 9. The fourth-order valence-corrected chi connectivity index (χ4v) is 5.07. The number of pyridine rings is 1. The molecule has 1 aliphatic rings. The van der Waals surface area contributed by atoms with Crippen LogP contribution in [0.3, 0.4) is 0 Å². The molecule has 1 aromatic carbocycles. The van der Waals surface area contributed by atoms with Crippen LogP contribution in [0.1, 0.15) is 61.9 Å². The largest absolute Gasteiger partial charge is 0.464 e. The summed E-state index contributed by atoms with van der Waals surface area (Å²) < 4.78 is 37.3. The third-order valence-corrected chi connectivity index (χ3v) is 7.78. The van der Waals surface area contributed by atoms with Crippen LogP contribution in [0.5, 0.6) is 5.88 Å². The Balaban J connectivity index is 1.44. The van der Waals surface area contributed by atoms with Crippen LogP contribution in [0.25, 0.3) is 0 Å². The van der Waals surface area contributed by atoms with Crippen LogP contribution >= 0.6 is 0 Å².